The molecule has 0 aromatic heterocycles. The fraction of sp³-hybridized carbons (Fsp3) is 0.286. The van der Waals surface area contributed by atoms with Crippen molar-refractivity contribution < 1.29 is 14.3 Å². The highest BCUT2D eigenvalue weighted by atomic mass is 127. The Morgan fingerprint density at radius 3 is 2.00 bits per heavy atom. The van der Waals surface area contributed by atoms with Crippen LogP contribution in [0.2, 0.25) is 0 Å². The Hall–Kier alpha value is -1.21. The van der Waals surface area contributed by atoms with Crippen molar-refractivity contribution in [3.8, 4) is 0 Å². The number of amides is 2. The summed E-state index contributed by atoms with van der Waals surface area (Å²) in [7, 11) is 0. The van der Waals surface area contributed by atoms with Crippen molar-refractivity contribution in [3.63, 3.8) is 0 Å². The summed E-state index contributed by atoms with van der Waals surface area (Å²) in [6.45, 7) is 0. The molecule has 96 valence electrons. The summed E-state index contributed by atoms with van der Waals surface area (Å²) < 4.78 is 6.68. The number of rotatable bonds is 1. The maximum absolute atomic E-state index is 12.5. The van der Waals surface area contributed by atoms with Crippen LogP contribution in [0.3, 0.4) is 0 Å². The second kappa shape index (κ2) is 3.89. The normalized spacial score (nSPS) is 35.3. The zero-order chi connectivity index (χ0) is 13.1. The third-order valence-corrected chi connectivity index (χ3v) is 4.71. The van der Waals surface area contributed by atoms with Gasteiger partial charge >= 0.3 is 0 Å². The quantitative estimate of drug-likeness (QED) is 0.432. The summed E-state index contributed by atoms with van der Waals surface area (Å²) in [5.74, 6) is -0.926. The van der Waals surface area contributed by atoms with E-state index >= 15 is 0 Å². The maximum atomic E-state index is 12.5. The summed E-state index contributed by atoms with van der Waals surface area (Å²) in [5.41, 5.74) is 0.657. The number of hydrogen-bond acceptors (Lipinski definition) is 3. The van der Waals surface area contributed by atoms with Gasteiger partial charge in [-0.05, 0) is 46.9 Å². The molecule has 0 saturated carbocycles. The molecule has 0 spiro atoms. The molecule has 4 atom stereocenters. The molecule has 1 aromatic rings. The van der Waals surface area contributed by atoms with Crippen LogP contribution in [0.1, 0.15) is 0 Å². The molecule has 2 bridgehead atoms. The minimum Gasteiger partial charge on any atom is -0.365 e. The van der Waals surface area contributed by atoms with E-state index in [0.717, 1.165) is 3.57 Å². The number of carbonyl (C=O) groups excluding carboxylic acids is 2. The van der Waals surface area contributed by atoms with Crippen LogP contribution in [0.5, 0.6) is 0 Å². The zero-order valence-electron chi connectivity index (χ0n) is 9.82. The van der Waals surface area contributed by atoms with E-state index in [-0.39, 0.29) is 35.9 Å². The number of anilines is 1. The fourth-order valence-corrected chi connectivity index (χ4v) is 3.51. The topological polar surface area (TPSA) is 46.6 Å². The standard InChI is InChI=1S/C14H10INO3/c15-7-1-3-8(4-2-7)16-13(17)11-9-5-6-10(19-9)12(11)14(16)18/h1-6,9-12H/t9-,10-,11-,12-/m1/s1. The Morgan fingerprint density at radius 1 is 0.947 bits per heavy atom. The van der Waals surface area contributed by atoms with E-state index in [1.165, 1.54) is 4.90 Å². The highest BCUT2D eigenvalue weighted by Gasteiger charge is 2.60. The van der Waals surface area contributed by atoms with Crippen LogP contribution in [-0.4, -0.2) is 24.0 Å². The monoisotopic (exact) mass is 367 g/mol. The van der Waals surface area contributed by atoms with Gasteiger partial charge in [-0.1, -0.05) is 12.2 Å². The Kier molecular flexibility index (Phi) is 2.38. The highest BCUT2D eigenvalue weighted by Crippen LogP contribution is 2.46. The summed E-state index contributed by atoms with van der Waals surface area (Å²) >= 11 is 2.20. The Morgan fingerprint density at radius 2 is 1.47 bits per heavy atom. The van der Waals surface area contributed by atoms with Gasteiger partial charge in [0.2, 0.25) is 11.8 Å². The van der Waals surface area contributed by atoms with Gasteiger partial charge in [-0.25, -0.2) is 4.90 Å². The molecule has 0 N–H and O–H groups in total. The summed E-state index contributed by atoms with van der Waals surface area (Å²) in [5, 5.41) is 0. The molecule has 19 heavy (non-hydrogen) atoms. The molecule has 5 heteroatoms. The van der Waals surface area contributed by atoms with Crippen molar-refractivity contribution in [2.24, 2.45) is 11.8 Å². The minimum atomic E-state index is -0.332. The van der Waals surface area contributed by atoms with Crippen LogP contribution in [0, 0.1) is 15.4 Å². The molecule has 4 nitrogen and oxygen atoms in total. The first kappa shape index (κ1) is 11.6. The van der Waals surface area contributed by atoms with Crippen molar-refractivity contribution in [1.82, 2.24) is 0 Å². The van der Waals surface area contributed by atoms with Gasteiger partial charge < -0.3 is 4.74 Å². The largest absolute Gasteiger partial charge is 0.365 e. The van der Waals surface area contributed by atoms with Crippen molar-refractivity contribution in [2.75, 3.05) is 4.90 Å². The average Bonchev–Trinajstić information content (AvgIpc) is 3.06. The van der Waals surface area contributed by atoms with Crippen LogP contribution in [-0.2, 0) is 14.3 Å². The van der Waals surface area contributed by atoms with E-state index in [2.05, 4.69) is 22.6 Å². The number of nitrogens with zero attached hydrogens (tertiary/aromatic N) is 1. The van der Waals surface area contributed by atoms with E-state index < -0.39 is 0 Å². The number of hydrogen-bond donors (Lipinski definition) is 0. The molecule has 2 saturated heterocycles. The molecule has 1 aromatic carbocycles. The van der Waals surface area contributed by atoms with Crippen LogP contribution >= 0.6 is 22.6 Å². The van der Waals surface area contributed by atoms with Gasteiger partial charge in [-0.3, -0.25) is 9.59 Å². The summed E-state index contributed by atoms with van der Waals surface area (Å²) in [6.07, 6.45) is 3.35. The van der Waals surface area contributed by atoms with Gasteiger partial charge in [0.05, 0.1) is 29.7 Å². The van der Waals surface area contributed by atoms with Gasteiger partial charge in [0, 0.05) is 3.57 Å². The van der Waals surface area contributed by atoms with Crippen LogP contribution < -0.4 is 4.90 Å². The zero-order valence-corrected chi connectivity index (χ0v) is 12.0. The van der Waals surface area contributed by atoms with Crippen molar-refractivity contribution in [2.45, 2.75) is 12.2 Å². The molecule has 3 heterocycles. The fourth-order valence-electron chi connectivity index (χ4n) is 3.15. The Balaban J connectivity index is 1.74. The number of fused-ring (bicyclic) bond motifs is 5. The molecule has 3 aliphatic heterocycles. The molecule has 4 rings (SSSR count). The van der Waals surface area contributed by atoms with E-state index in [1.807, 2.05) is 36.4 Å². The number of ether oxygens (including phenoxy) is 1. The average molecular weight is 367 g/mol. The third-order valence-electron chi connectivity index (χ3n) is 4.00. The van der Waals surface area contributed by atoms with Crippen molar-refractivity contribution in [1.29, 1.82) is 0 Å². The second-order valence-corrected chi connectivity index (χ2v) is 6.24. The van der Waals surface area contributed by atoms with E-state index in [1.54, 1.807) is 0 Å². The van der Waals surface area contributed by atoms with Gasteiger partial charge in [0.1, 0.15) is 0 Å². The number of carbonyl (C=O) groups is 2. The molecular formula is C14H10INO3. The van der Waals surface area contributed by atoms with E-state index in [9.17, 15) is 9.59 Å². The lowest BCUT2D eigenvalue weighted by Crippen LogP contribution is -2.34. The van der Waals surface area contributed by atoms with Gasteiger partial charge in [0.15, 0.2) is 0 Å². The second-order valence-electron chi connectivity index (χ2n) is 4.99. The van der Waals surface area contributed by atoms with Crippen molar-refractivity contribution >= 4 is 40.1 Å². The maximum Gasteiger partial charge on any atom is 0.240 e. The van der Waals surface area contributed by atoms with Gasteiger partial charge in [-0.15, -0.1) is 0 Å². The van der Waals surface area contributed by atoms with Crippen molar-refractivity contribution in [3.05, 3.63) is 40.0 Å². The van der Waals surface area contributed by atoms with Crippen LogP contribution in [0.25, 0.3) is 0 Å². The molecule has 0 aliphatic carbocycles. The lowest BCUT2D eigenvalue weighted by Gasteiger charge is -2.17. The van der Waals surface area contributed by atoms with E-state index in [4.69, 9.17) is 4.74 Å². The first-order chi connectivity index (χ1) is 9.16. The predicted octanol–water partition coefficient (Wildman–Crippen LogP) is 1.73. The third kappa shape index (κ3) is 1.48. The molecule has 2 fully saturated rings. The number of halogens is 1. The molecule has 2 amide bonds. The molecular weight excluding hydrogens is 357 g/mol. The van der Waals surface area contributed by atoms with Crippen LogP contribution in [0.4, 0.5) is 5.69 Å². The first-order valence-corrected chi connectivity index (χ1v) is 7.22. The Bertz CT molecular complexity index is 580. The number of imide groups is 1. The van der Waals surface area contributed by atoms with E-state index in [0.29, 0.717) is 5.69 Å². The lowest BCUT2D eigenvalue weighted by atomic mass is 9.85. The summed E-state index contributed by atoms with van der Waals surface area (Å²) in [6, 6.07) is 7.42. The van der Waals surface area contributed by atoms with Gasteiger partial charge in [-0.2, -0.15) is 0 Å². The minimum absolute atomic E-state index is 0.131. The Labute approximate surface area is 123 Å². The molecule has 3 aliphatic rings. The first-order valence-electron chi connectivity index (χ1n) is 6.14. The molecule has 0 radical (unpaired) electrons. The summed E-state index contributed by atoms with van der Waals surface area (Å²) in [4.78, 5) is 26.2. The van der Waals surface area contributed by atoms with Gasteiger partial charge in [0.25, 0.3) is 0 Å². The SMILES string of the molecule is O=C1[C@H]2[C@H](C(=O)N1c1ccc(I)cc1)[C@H]1C=C[C@H]2O1. The predicted molar refractivity (Wildman–Crippen MR) is 76.4 cm³/mol. The van der Waals surface area contributed by atoms with Crippen LogP contribution in [0.15, 0.2) is 36.4 Å². The lowest BCUT2D eigenvalue weighted by molar-refractivity contribution is -0.124. The number of benzene rings is 1. The molecule has 0 unspecified atom stereocenters. The highest BCUT2D eigenvalue weighted by molar-refractivity contribution is 14.1. The smallest absolute Gasteiger partial charge is 0.240 e.